The lowest BCUT2D eigenvalue weighted by Crippen LogP contribution is -2.28. The Hall–Kier alpha value is -1.62. The lowest BCUT2D eigenvalue weighted by Gasteiger charge is -2.10. The minimum absolute atomic E-state index is 0.250. The van der Waals surface area contributed by atoms with Gasteiger partial charge in [-0.2, -0.15) is 4.99 Å². The Morgan fingerprint density at radius 1 is 1.60 bits per heavy atom. The number of carbonyl (C=O) groups is 1. The van der Waals surface area contributed by atoms with E-state index in [0.717, 1.165) is 10.4 Å². The van der Waals surface area contributed by atoms with E-state index in [-0.39, 0.29) is 11.9 Å². The van der Waals surface area contributed by atoms with Crippen LogP contribution in [0.25, 0.3) is 6.08 Å². The molecule has 4 nitrogen and oxygen atoms in total. The lowest BCUT2D eigenvalue weighted by molar-refractivity contribution is -0.114. The number of amides is 1. The smallest absolute Gasteiger partial charge is 0.296 e. The zero-order valence-electron chi connectivity index (χ0n) is 8.52. The Morgan fingerprint density at radius 2 is 2.33 bits per heavy atom. The van der Waals surface area contributed by atoms with Crippen molar-refractivity contribution in [3.8, 4) is 0 Å². The molecule has 2 N–H and O–H groups in total. The van der Waals surface area contributed by atoms with Gasteiger partial charge in [-0.3, -0.25) is 4.79 Å². The number of aryl methyl sites for hydroxylation is 1. The molecule has 0 unspecified atom stereocenters. The molecule has 1 amide bonds. The van der Waals surface area contributed by atoms with Gasteiger partial charge < -0.3 is 10.6 Å². The molecular weight excluding hydrogens is 210 g/mol. The van der Waals surface area contributed by atoms with Gasteiger partial charge in [-0.25, -0.2) is 0 Å². The van der Waals surface area contributed by atoms with Gasteiger partial charge in [-0.05, 0) is 30.0 Å². The highest BCUT2D eigenvalue weighted by molar-refractivity contribution is 7.11. The Morgan fingerprint density at radius 3 is 2.80 bits per heavy atom. The second-order valence-corrected chi connectivity index (χ2v) is 4.28. The number of carbonyl (C=O) groups excluding carboxylic acids is 1. The summed E-state index contributed by atoms with van der Waals surface area (Å²) >= 11 is 1.59. The summed E-state index contributed by atoms with van der Waals surface area (Å²) in [6.45, 7) is 2.01. The summed E-state index contributed by atoms with van der Waals surface area (Å²) in [7, 11) is 1.73. The highest BCUT2D eigenvalue weighted by Gasteiger charge is 2.24. The third-order valence-corrected chi connectivity index (χ3v) is 3.28. The minimum atomic E-state index is -0.275. The molecule has 0 saturated carbocycles. The van der Waals surface area contributed by atoms with E-state index in [4.69, 9.17) is 5.73 Å². The molecule has 2 heterocycles. The summed E-state index contributed by atoms with van der Waals surface area (Å²) in [6, 6.07) is 2.01. The van der Waals surface area contributed by atoms with E-state index in [2.05, 4.69) is 4.99 Å². The molecule has 2 rings (SSSR count). The highest BCUT2D eigenvalue weighted by Crippen LogP contribution is 2.22. The Kier molecular flexibility index (Phi) is 2.32. The molecule has 1 aromatic heterocycles. The SMILES string of the molecule is Cc1ccsc1/C=C1\C(=O)N=C(N)N1C. The van der Waals surface area contributed by atoms with Gasteiger partial charge >= 0.3 is 0 Å². The summed E-state index contributed by atoms with van der Waals surface area (Å²) in [4.78, 5) is 17.8. The first-order chi connectivity index (χ1) is 7.09. The van der Waals surface area contributed by atoms with Crippen molar-refractivity contribution in [3.63, 3.8) is 0 Å². The quantitative estimate of drug-likeness (QED) is 0.724. The molecule has 1 aliphatic rings. The van der Waals surface area contributed by atoms with E-state index in [9.17, 15) is 4.79 Å². The first-order valence-corrected chi connectivity index (χ1v) is 5.35. The maximum Gasteiger partial charge on any atom is 0.296 e. The third kappa shape index (κ3) is 1.66. The van der Waals surface area contributed by atoms with Crippen LogP contribution in [0.4, 0.5) is 0 Å². The number of hydrogen-bond donors (Lipinski definition) is 1. The number of rotatable bonds is 1. The molecule has 0 aromatic carbocycles. The lowest BCUT2D eigenvalue weighted by atomic mass is 10.2. The molecule has 0 bridgehead atoms. The van der Waals surface area contributed by atoms with Gasteiger partial charge in [-0.15, -0.1) is 11.3 Å². The number of likely N-dealkylation sites (N-methyl/N-ethyl adjacent to an activating group) is 1. The van der Waals surface area contributed by atoms with E-state index in [0.29, 0.717) is 5.70 Å². The van der Waals surface area contributed by atoms with Crippen LogP contribution >= 0.6 is 11.3 Å². The summed E-state index contributed by atoms with van der Waals surface area (Å²) in [5, 5.41) is 1.99. The molecule has 0 fully saturated rings. The van der Waals surface area contributed by atoms with Gasteiger partial charge in [0, 0.05) is 11.9 Å². The van der Waals surface area contributed by atoms with Crippen LogP contribution in [-0.2, 0) is 4.79 Å². The molecule has 0 radical (unpaired) electrons. The van der Waals surface area contributed by atoms with Crippen molar-refractivity contribution in [2.24, 2.45) is 10.7 Å². The van der Waals surface area contributed by atoms with Crippen molar-refractivity contribution in [1.29, 1.82) is 0 Å². The van der Waals surface area contributed by atoms with Crippen molar-refractivity contribution in [1.82, 2.24) is 4.90 Å². The van der Waals surface area contributed by atoms with E-state index in [1.54, 1.807) is 23.3 Å². The van der Waals surface area contributed by atoms with Gasteiger partial charge in [0.15, 0.2) is 0 Å². The number of nitrogens with two attached hydrogens (primary N) is 1. The molecule has 78 valence electrons. The molecule has 0 saturated heterocycles. The first kappa shape index (κ1) is 9.92. The van der Waals surface area contributed by atoms with E-state index in [1.807, 2.05) is 24.4 Å². The summed E-state index contributed by atoms with van der Waals surface area (Å²) in [6.07, 6.45) is 1.83. The zero-order valence-corrected chi connectivity index (χ0v) is 9.34. The molecule has 0 aliphatic carbocycles. The molecule has 5 heteroatoms. The molecule has 0 atom stereocenters. The van der Waals surface area contributed by atoms with E-state index < -0.39 is 0 Å². The van der Waals surface area contributed by atoms with Crippen LogP contribution in [0.3, 0.4) is 0 Å². The largest absolute Gasteiger partial charge is 0.369 e. The van der Waals surface area contributed by atoms with Gasteiger partial charge in [0.2, 0.25) is 5.96 Å². The molecule has 15 heavy (non-hydrogen) atoms. The van der Waals surface area contributed by atoms with Crippen LogP contribution in [0.5, 0.6) is 0 Å². The number of thiophene rings is 1. The number of hydrogen-bond acceptors (Lipinski definition) is 4. The van der Waals surface area contributed by atoms with Gasteiger partial charge in [0.25, 0.3) is 5.91 Å². The minimum Gasteiger partial charge on any atom is -0.369 e. The molecule has 1 aromatic rings. The van der Waals surface area contributed by atoms with Crippen LogP contribution < -0.4 is 5.73 Å². The molecule has 0 spiro atoms. The summed E-state index contributed by atoms with van der Waals surface area (Å²) in [5.74, 6) is -0.0248. The van der Waals surface area contributed by atoms with Gasteiger partial charge in [0.1, 0.15) is 5.70 Å². The third-order valence-electron chi connectivity index (χ3n) is 2.31. The van der Waals surface area contributed by atoms with E-state index >= 15 is 0 Å². The highest BCUT2D eigenvalue weighted by atomic mass is 32.1. The van der Waals surface area contributed by atoms with Gasteiger partial charge in [0.05, 0.1) is 0 Å². The van der Waals surface area contributed by atoms with Crippen LogP contribution in [0.1, 0.15) is 10.4 Å². The van der Waals surface area contributed by atoms with Gasteiger partial charge in [-0.1, -0.05) is 0 Å². The fourth-order valence-electron chi connectivity index (χ4n) is 1.32. The average Bonchev–Trinajstić information content (AvgIpc) is 2.67. The fraction of sp³-hybridized carbons (Fsp3) is 0.200. The number of guanidine groups is 1. The predicted molar refractivity (Wildman–Crippen MR) is 61.4 cm³/mol. The van der Waals surface area contributed by atoms with Crippen molar-refractivity contribution in [2.75, 3.05) is 7.05 Å². The molecule has 1 aliphatic heterocycles. The van der Waals surface area contributed by atoms with Crippen molar-refractivity contribution in [2.45, 2.75) is 6.92 Å². The second kappa shape index (κ2) is 3.51. The topological polar surface area (TPSA) is 58.7 Å². The molecular formula is C10H11N3OS. The van der Waals surface area contributed by atoms with Crippen LogP contribution in [0.2, 0.25) is 0 Å². The van der Waals surface area contributed by atoms with Crippen LogP contribution in [0.15, 0.2) is 22.1 Å². The fourth-order valence-corrected chi connectivity index (χ4v) is 2.17. The maximum atomic E-state index is 11.5. The van der Waals surface area contributed by atoms with E-state index in [1.165, 1.54) is 0 Å². The standard InChI is InChI=1S/C10H11N3OS/c1-6-3-4-15-8(6)5-7-9(14)12-10(11)13(7)2/h3-5H,1-2H3,(H2,11,12,14)/b7-5+. The predicted octanol–water partition coefficient (Wildman–Crippen LogP) is 1.18. The number of aliphatic imine (C=N–C) groups is 1. The Labute approximate surface area is 91.7 Å². The summed E-state index contributed by atoms with van der Waals surface area (Å²) in [5.41, 5.74) is 7.22. The Bertz CT molecular complexity index is 473. The average molecular weight is 221 g/mol. The second-order valence-electron chi connectivity index (χ2n) is 3.33. The first-order valence-electron chi connectivity index (χ1n) is 4.47. The number of nitrogens with zero attached hydrogens (tertiary/aromatic N) is 2. The Balaban J connectivity index is 2.38. The monoisotopic (exact) mass is 221 g/mol. The van der Waals surface area contributed by atoms with Crippen molar-refractivity contribution < 1.29 is 4.79 Å². The normalized spacial score (nSPS) is 18.8. The van der Waals surface area contributed by atoms with Crippen LogP contribution in [0, 0.1) is 6.92 Å². The zero-order chi connectivity index (χ0) is 11.0. The summed E-state index contributed by atoms with van der Waals surface area (Å²) < 4.78 is 0. The van der Waals surface area contributed by atoms with Crippen molar-refractivity contribution in [3.05, 3.63) is 27.6 Å². The van der Waals surface area contributed by atoms with Crippen LogP contribution in [-0.4, -0.2) is 23.8 Å². The maximum absolute atomic E-state index is 11.5. The van der Waals surface area contributed by atoms with Crippen molar-refractivity contribution >= 4 is 29.3 Å².